The smallest absolute Gasteiger partial charge is 0.251 e. The van der Waals surface area contributed by atoms with Crippen molar-refractivity contribution in [2.75, 3.05) is 6.54 Å². The molecular weight excluding hydrogens is 234 g/mol. The van der Waals surface area contributed by atoms with Gasteiger partial charge in [0.1, 0.15) is 0 Å². The highest BCUT2D eigenvalue weighted by Gasteiger charge is 2.08. The van der Waals surface area contributed by atoms with Crippen LogP contribution in [0.4, 0.5) is 0 Å². The van der Waals surface area contributed by atoms with E-state index in [1.165, 1.54) is 0 Å². The van der Waals surface area contributed by atoms with Crippen molar-refractivity contribution in [3.63, 3.8) is 0 Å². The molecule has 1 N–H and O–H groups in total. The van der Waals surface area contributed by atoms with Gasteiger partial charge in [0.2, 0.25) is 0 Å². The molecule has 1 rings (SSSR count). The molecule has 2 nitrogen and oxygen atoms in total. The maximum absolute atomic E-state index is 11.9. The fraction of sp³-hybridized carbons (Fsp3) is 0.500. The topological polar surface area (TPSA) is 29.1 Å². The Balaban J connectivity index is 2.47. The second-order valence-corrected chi connectivity index (χ2v) is 4.93. The molecule has 1 atom stereocenters. The Morgan fingerprint density at radius 3 is 2.76 bits per heavy atom. The first-order valence-corrected chi connectivity index (χ1v) is 6.59. The first-order chi connectivity index (χ1) is 8.15. The summed E-state index contributed by atoms with van der Waals surface area (Å²) in [5.74, 6) is 0.0182. The van der Waals surface area contributed by atoms with Gasteiger partial charge in [-0.05, 0) is 37.8 Å². The number of hydrogen-bond donors (Lipinski definition) is 1. The quantitative estimate of drug-likeness (QED) is 0.611. The largest absolute Gasteiger partial charge is 0.352 e. The van der Waals surface area contributed by atoms with Gasteiger partial charge in [-0.1, -0.05) is 25.1 Å². The summed E-state index contributed by atoms with van der Waals surface area (Å²) in [6.07, 6.45) is 2.73. The number of aryl methyl sites for hydroxylation is 1. The van der Waals surface area contributed by atoms with E-state index in [0.29, 0.717) is 6.54 Å². The van der Waals surface area contributed by atoms with E-state index < -0.39 is 0 Å². The van der Waals surface area contributed by atoms with Crippen LogP contribution in [0.3, 0.4) is 0 Å². The lowest BCUT2D eigenvalue weighted by Gasteiger charge is -2.09. The summed E-state index contributed by atoms with van der Waals surface area (Å²) >= 11 is 5.85. The molecule has 94 valence electrons. The van der Waals surface area contributed by atoms with Gasteiger partial charge in [-0.15, -0.1) is 11.6 Å². The molecule has 1 unspecified atom stereocenters. The number of amides is 1. The normalized spacial score (nSPS) is 12.2. The Morgan fingerprint density at radius 2 is 2.12 bits per heavy atom. The third kappa shape index (κ3) is 4.78. The van der Waals surface area contributed by atoms with Crippen molar-refractivity contribution in [1.82, 2.24) is 5.32 Å². The Morgan fingerprint density at radius 1 is 1.41 bits per heavy atom. The fourth-order valence-electron chi connectivity index (χ4n) is 1.73. The van der Waals surface area contributed by atoms with Crippen molar-refractivity contribution in [2.24, 2.45) is 0 Å². The van der Waals surface area contributed by atoms with Crippen molar-refractivity contribution in [3.05, 3.63) is 35.4 Å². The van der Waals surface area contributed by atoms with Gasteiger partial charge in [0.25, 0.3) is 5.91 Å². The highest BCUT2D eigenvalue weighted by Crippen LogP contribution is 2.09. The second-order valence-electron chi connectivity index (χ2n) is 4.19. The van der Waals surface area contributed by atoms with Crippen molar-refractivity contribution < 1.29 is 4.79 Å². The van der Waals surface area contributed by atoms with Gasteiger partial charge >= 0.3 is 0 Å². The number of rotatable bonds is 6. The Bertz CT molecular complexity index is 363. The van der Waals surface area contributed by atoms with E-state index >= 15 is 0 Å². The minimum atomic E-state index is 0.0182. The van der Waals surface area contributed by atoms with Gasteiger partial charge in [-0.25, -0.2) is 0 Å². The summed E-state index contributed by atoms with van der Waals surface area (Å²) in [6.45, 7) is 4.71. The van der Waals surface area contributed by atoms with Gasteiger partial charge in [0, 0.05) is 17.5 Å². The average molecular weight is 254 g/mol. The lowest BCUT2D eigenvalue weighted by atomic mass is 10.0. The fourth-order valence-corrected chi connectivity index (χ4v) is 1.88. The van der Waals surface area contributed by atoms with Crippen LogP contribution in [0.1, 0.15) is 42.6 Å². The van der Waals surface area contributed by atoms with E-state index in [0.717, 1.165) is 30.4 Å². The summed E-state index contributed by atoms with van der Waals surface area (Å²) in [5.41, 5.74) is 1.88. The molecule has 0 radical (unpaired) electrons. The van der Waals surface area contributed by atoms with Crippen LogP contribution in [-0.4, -0.2) is 17.8 Å². The predicted octanol–water partition coefficient (Wildman–Crippen LogP) is 3.39. The predicted molar refractivity (Wildman–Crippen MR) is 72.7 cm³/mol. The maximum Gasteiger partial charge on any atom is 0.251 e. The van der Waals surface area contributed by atoms with E-state index in [-0.39, 0.29) is 11.3 Å². The van der Waals surface area contributed by atoms with Crippen molar-refractivity contribution in [3.8, 4) is 0 Å². The van der Waals surface area contributed by atoms with Crippen LogP contribution in [0.2, 0.25) is 0 Å². The maximum atomic E-state index is 11.9. The molecule has 0 aliphatic carbocycles. The molecule has 1 amide bonds. The van der Waals surface area contributed by atoms with Crippen molar-refractivity contribution in [2.45, 2.75) is 38.5 Å². The zero-order valence-corrected chi connectivity index (χ0v) is 11.3. The van der Waals surface area contributed by atoms with Crippen LogP contribution in [0.25, 0.3) is 0 Å². The third-order valence-electron chi connectivity index (χ3n) is 2.71. The van der Waals surface area contributed by atoms with E-state index in [4.69, 9.17) is 11.6 Å². The van der Waals surface area contributed by atoms with Gasteiger partial charge in [-0.2, -0.15) is 0 Å². The molecule has 0 aliphatic rings. The summed E-state index contributed by atoms with van der Waals surface area (Å²) < 4.78 is 0. The van der Waals surface area contributed by atoms with Crippen LogP contribution in [0, 0.1) is 0 Å². The molecule has 3 heteroatoms. The molecule has 0 spiro atoms. The highest BCUT2D eigenvalue weighted by molar-refractivity contribution is 6.20. The molecule has 17 heavy (non-hydrogen) atoms. The van der Waals surface area contributed by atoms with E-state index in [9.17, 15) is 4.79 Å². The minimum Gasteiger partial charge on any atom is -0.352 e. The standard InChI is InChI=1S/C14H20ClNO/c1-3-12-8-4-5-9-13(12)14(17)16-10-6-7-11(2)15/h4-5,8-9,11H,3,6-7,10H2,1-2H3,(H,16,17). The van der Waals surface area contributed by atoms with Crippen LogP contribution < -0.4 is 5.32 Å². The number of halogens is 1. The Hall–Kier alpha value is -1.02. The molecule has 0 fully saturated rings. The molecule has 0 aliphatic heterocycles. The molecule has 1 aromatic carbocycles. The number of nitrogens with one attached hydrogen (secondary N) is 1. The Kier molecular flexibility index (Phi) is 6.06. The molecule has 0 bridgehead atoms. The zero-order chi connectivity index (χ0) is 12.7. The van der Waals surface area contributed by atoms with Gasteiger partial charge < -0.3 is 5.32 Å². The molecular formula is C14H20ClNO. The van der Waals surface area contributed by atoms with Crippen LogP contribution >= 0.6 is 11.6 Å². The van der Waals surface area contributed by atoms with Gasteiger partial charge in [0.15, 0.2) is 0 Å². The van der Waals surface area contributed by atoms with Crippen molar-refractivity contribution in [1.29, 1.82) is 0 Å². The second kappa shape index (κ2) is 7.33. The first kappa shape index (κ1) is 14.0. The summed E-state index contributed by atoms with van der Waals surface area (Å²) in [5, 5.41) is 3.11. The van der Waals surface area contributed by atoms with Gasteiger partial charge in [-0.3, -0.25) is 4.79 Å². The summed E-state index contributed by atoms with van der Waals surface area (Å²) in [4.78, 5) is 11.9. The lowest BCUT2D eigenvalue weighted by Crippen LogP contribution is -2.25. The van der Waals surface area contributed by atoms with Crippen LogP contribution in [-0.2, 0) is 6.42 Å². The number of carbonyl (C=O) groups excluding carboxylic acids is 1. The average Bonchev–Trinajstić information content (AvgIpc) is 2.34. The van der Waals surface area contributed by atoms with E-state index in [2.05, 4.69) is 12.2 Å². The molecule has 0 saturated heterocycles. The molecule has 0 saturated carbocycles. The Labute approximate surface area is 108 Å². The van der Waals surface area contributed by atoms with Crippen molar-refractivity contribution >= 4 is 17.5 Å². The molecule has 0 aromatic heterocycles. The highest BCUT2D eigenvalue weighted by atomic mass is 35.5. The number of alkyl halides is 1. The lowest BCUT2D eigenvalue weighted by molar-refractivity contribution is 0.0952. The zero-order valence-electron chi connectivity index (χ0n) is 10.5. The number of benzene rings is 1. The molecule has 1 aromatic rings. The summed E-state index contributed by atoms with van der Waals surface area (Å²) in [6, 6.07) is 7.73. The van der Waals surface area contributed by atoms with E-state index in [1.807, 2.05) is 31.2 Å². The number of hydrogen-bond acceptors (Lipinski definition) is 1. The van der Waals surface area contributed by atoms with Crippen LogP contribution in [0.5, 0.6) is 0 Å². The SMILES string of the molecule is CCc1ccccc1C(=O)NCCCC(C)Cl. The first-order valence-electron chi connectivity index (χ1n) is 6.15. The van der Waals surface area contributed by atoms with Gasteiger partial charge in [0.05, 0.1) is 0 Å². The minimum absolute atomic E-state index is 0.0182. The van der Waals surface area contributed by atoms with E-state index in [1.54, 1.807) is 0 Å². The number of carbonyl (C=O) groups is 1. The molecule has 0 heterocycles. The third-order valence-corrected chi connectivity index (χ3v) is 2.93. The monoisotopic (exact) mass is 253 g/mol. The summed E-state index contributed by atoms with van der Waals surface area (Å²) in [7, 11) is 0. The van der Waals surface area contributed by atoms with Crippen LogP contribution in [0.15, 0.2) is 24.3 Å².